The van der Waals surface area contributed by atoms with E-state index >= 15 is 0 Å². The Bertz CT molecular complexity index is 895. The monoisotopic (exact) mass is 430 g/mol. The minimum absolute atomic E-state index is 0.0697. The molecular formula is C22H26N2O7. The lowest BCUT2D eigenvalue weighted by Gasteiger charge is -2.43. The van der Waals surface area contributed by atoms with Crippen LogP contribution in [-0.4, -0.2) is 65.7 Å². The van der Waals surface area contributed by atoms with Crippen LogP contribution in [0.4, 0.5) is 4.79 Å². The van der Waals surface area contributed by atoms with Gasteiger partial charge >= 0.3 is 12.1 Å². The van der Waals surface area contributed by atoms with Crippen LogP contribution in [0.3, 0.4) is 0 Å². The molecule has 0 bridgehead atoms. The number of hydrogen-bond donors (Lipinski definition) is 0. The second-order valence-electron chi connectivity index (χ2n) is 9.25. The zero-order valence-corrected chi connectivity index (χ0v) is 17.9. The first-order valence-electron chi connectivity index (χ1n) is 10.4. The highest BCUT2D eigenvalue weighted by Gasteiger charge is 2.52. The van der Waals surface area contributed by atoms with Crippen LogP contribution in [0.25, 0.3) is 0 Å². The molecule has 2 fully saturated rings. The van der Waals surface area contributed by atoms with Crippen molar-refractivity contribution >= 4 is 23.9 Å². The molecule has 3 aliphatic rings. The van der Waals surface area contributed by atoms with Crippen LogP contribution in [-0.2, 0) is 19.1 Å². The van der Waals surface area contributed by atoms with E-state index in [4.69, 9.17) is 14.3 Å². The van der Waals surface area contributed by atoms with E-state index in [0.717, 1.165) is 0 Å². The van der Waals surface area contributed by atoms with E-state index in [1.165, 1.54) is 17.0 Å². The van der Waals surface area contributed by atoms with E-state index in [0.29, 0.717) is 37.7 Å². The van der Waals surface area contributed by atoms with Gasteiger partial charge in [0.25, 0.3) is 11.8 Å². The maximum absolute atomic E-state index is 13.2. The lowest BCUT2D eigenvalue weighted by molar-refractivity contribution is -0.182. The fourth-order valence-electron chi connectivity index (χ4n) is 4.35. The fourth-order valence-corrected chi connectivity index (χ4v) is 4.35. The number of hydroxylamine groups is 2. The number of hydrogen-bond acceptors (Lipinski definition) is 7. The number of rotatable bonds is 2. The predicted molar refractivity (Wildman–Crippen MR) is 107 cm³/mol. The highest BCUT2D eigenvalue weighted by Crippen LogP contribution is 2.44. The standard InChI is InChI=1S/C22H26N2O7/c1-21(2,3)30-20(28)23-10-8-22(9-11-29-13-22)16(12-23)19(27)31-24-17(25)14-6-4-5-7-15(14)18(24)26/h4-7,16H,8-13H2,1-3H3. The van der Waals surface area contributed by atoms with E-state index in [1.54, 1.807) is 32.9 Å². The second kappa shape index (κ2) is 7.64. The van der Waals surface area contributed by atoms with Crippen molar-refractivity contribution in [1.82, 2.24) is 9.96 Å². The van der Waals surface area contributed by atoms with Gasteiger partial charge in [0.1, 0.15) is 5.60 Å². The van der Waals surface area contributed by atoms with Gasteiger partial charge in [-0.1, -0.05) is 17.2 Å². The van der Waals surface area contributed by atoms with Crippen LogP contribution in [0, 0.1) is 11.3 Å². The van der Waals surface area contributed by atoms with Crippen molar-refractivity contribution in [2.75, 3.05) is 26.3 Å². The minimum atomic E-state index is -0.749. The van der Waals surface area contributed by atoms with Gasteiger partial charge in [0.05, 0.1) is 23.7 Å². The van der Waals surface area contributed by atoms with Crippen LogP contribution in [0.1, 0.15) is 54.3 Å². The van der Waals surface area contributed by atoms with Crippen LogP contribution in [0.5, 0.6) is 0 Å². The third-order valence-electron chi connectivity index (χ3n) is 6.03. The Morgan fingerprint density at radius 3 is 2.29 bits per heavy atom. The molecular weight excluding hydrogens is 404 g/mol. The highest BCUT2D eigenvalue weighted by atomic mass is 16.7. The molecule has 0 N–H and O–H groups in total. The third kappa shape index (κ3) is 3.89. The molecule has 0 radical (unpaired) electrons. The molecule has 0 aliphatic carbocycles. The molecule has 0 saturated carbocycles. The molecule has 3 heterocycles. The number of carbonyl (C=O) groups excluding carboxylic acids is 4. The number of amides is 3. The van der Waals surface area contributed by atoms with Gasteiger partial charge in [-0.15, -0.1) is 0 Å². The van der Waals surface area contributed by atoms with Crippen molar-refractivity contribution in [2.45, 2.75) is 39.2 Å². The van der Waals surface area contributed by atoms with Crippen molar-refractivity contribution in [2.24, 2.45) is 11.3 Å². The van der Waals surface area contributed by atoms with E-state index in [1.807, 2.05) is 0 Å². The molecule has 31 heavy (non-hydrogen) atoms. The van der Waals surface area contributed by atoms with Crippen molar-refractivity contribution < 1.29 is 33.5 Å². The predicted octanol–water partition coefficient (Wildman–Crippen LogP) is 2.40. The molecule has 3 amide bonds. The Morgan fingerprint density at radius 2 is 1.74 bits per heavy atom. The molecule has 2 atom stereocenters. The molecule has 3 aliphatic heterocycles. The number of nitrogens with zero attached hydrogens (tertiary/aromatic N) is 2. The average molecular weight is 430 g/mol. The van der Waals surface area contributed by atoms with E-state index in [2.05, 4.69) is 0 Å². The van der Waals surface area contributed by atoms with Crippen LogP contribution in [0.2, 0.25) is 0 Å². The lowest BCUT2D eigenvalue weighted by atomic mass is 9.69. The average Bonchev–Trinajstić information content (AvgIpc) is 3.26. The minimum Gasteiger partial charge on any atom is -0.444 e. The molecule has 1 spiro atoms. The first kappa shape index (κ1) is 21.3. The topological polar surface area (TPSA) is 102 Å². The number of benzene rings is 1. The van der Waals surface area contributed by atoms with Gasteiger partial charge in [-0.25, -0.2) is 9.59 Å². The molecule has 2 unspecified atom stereocenters. The number of ether oxygens (including phenoxy) is 2. The summed E-state index contributed by atoms with van der Waals surface area (Å²) in [4.78, 5) is 57.8. The summed E-state index contributed by atoms with van der Waals surface area (Å²) in [6, 6.07) is 6.31. The van der Waals surface area contributed by atoms with Gasteiger partial charge < -0.3 is 19.2 Å². The molecule has 166 valence electrons. The summed E-state index contributed by atoms with van der Waals surface area (Å²) in [5.74, 6) is -2.83. The van der Waals surface area contributed by atoms with E-state index in [9.17, 15) is 19.2 Å². The van der Waals surface area contributed by atoms with Crippen molar-refractivity contribution in [1.29, 1.82) is 0 Å². The first-order valence-corrected chi connectivity index (χ1v) is 10.4. The maximum Gasteiger partial charge on any atom is 0.410 e. The Kier molecular flexibility index (Phi) is 5.25. The lowest BCUT2D eigenvalue weighted by Crippen LogP contribution is -2.54. The SMILES string of the molecule is CC(C)(C)OC(=O)N1CCC2(CCOC2)C(C(=O)ON2C(=O)c3ccccc3C2=O)C1. The third-order valence-corrected chi connectivity index (χ3v) is 6.03. The molecule has 4 rings (SSSR count). The zero-order valence-electron chi connectivity index (χ0n) is 17.9. The molecule has 1 aromatic rings. The van der Waals surface area contributed by atoms with Gasteiger partial charge in [-0.3, -0.25) is 9.59 Å². The summed E-state index contributed by atoms with van der Waals surface area (Å²) >= 11 is 0. The van der Waals surface area contributed by atoms with Crippen LogP contribution in [0.15, 0.2) is 24.3 Å². The number of likely N-dealkylation sites (tertiary alicyclic amines) is 1. The van der Waals surface area contributed by atoms with Crippen molar-refractivity contribution in [3.63, 3.8) is 0 Å². The van der Waals surface area contributed by atoms with Gasteiger partial charge in [-0.2, -0.15) is 0 Å². The van der Waals surface area contributed by atoms with E-state index < -0.39 is 40.8 Å². The van der Waals surface area contributed by atoms with Gasteiger partial charge in [0, 0.05) is 25.1 Å². The molecule has 0 aromatic heterocycles. The van der Waals surface area contributed by atoms with Gasteiger partial charge in [-0.05, 0) is 45.7 Å². The van der Waals surface area contributed by atoms with Gasteiger partial charge in [0.2, 0.25) is 0 Å². The maximum atomic E-state index is 13.2. The normalized spacial score (nSPS) is 25.7. The summed E-state index contributed by atoms with van der Waals surface area (Å²) in [7, 11) is 0. The smallest absolute Gasteiger partial charge is 0.410 e. The molecule has 1 aromatic carbocycles. The Hall–Kier alpha value is -2.94. The first-order chi connectivity index (χ1) is 14.6. The summed E-state index contributed by atoms with van der Waals surface area (Å²) in [5.41, 5.74) is -0.788. The van der Waals surface area contributed by atoms with Crippen molar-refractivity contribution in [3.05, 3.63) is 35.4 Å². The van der Waals surface area contributed by atoms with Gasteiger partial charge in [0.15, 0.2) is 0 Å². The van der Waals surface area contributed by atoms with E-state index in [-0.39, 0.29) is 17.7 Å². The molecule has 9 heteroatoms. The summed E-state index contributed by atoms with van der Waals surface area (Å²) in [5, 5.41) is 0.517. The summed E-state index contributed by atoms with van der Waals surface area (Å²) in [6.45, 7) is 6.68. The highest BCUT2D eigenvalue weighted by molar-refractivity contribution is 6.20. The number of carbonyl (C=O) groups is 4. The van der Waals surface area contributed by atoms with Crippen LogP contribution >= 0.6 is 0 Å². The Morgan fingerprint density at radius 1 is 1.10 bits per heavy atom. The summed E-state index contributed by atoms with van der Waals surface area (Å²) in [6.07, 6.45) is 0.658. The van der Waals surface area contributed by atoms with Crippen LogP contribution < -0.4 is 0 Å². The molecule has 2 saturated heterocycles. The summed E-state index contributed by atoms with van der Waals surface area (Å²) < 4.78 is 11.0. The number of fused-ring (bicyclic) bond motifs is 1. The van der Waals surface area contributed by atoms with Crippen molar-refractivity contribution in [3.8, 4) is 0 Å². The largest absolute Gasteiger partial charge is 0.444 e. The second-order valence-corrected chi connectivity index (χ2v) is 9.25. The quantitative estimate of drug-likeness (QED) is 0.664. The fraction of sp³-hybridized carbons (Fsp3) is 0.545. The Labute approximate surface area is 180 Å². The number of imide groups is 1. The Balaban J connectivity index is 1.53. The number of piperidine rings is 1. The molecule has 9 nitrogen and oxygen atoms in total. The zero-order chi connectivity index (χ0) is 22.4.